The Morgan fingerprint density at radius 2 is 2.29 bits per heavy atom. The third kappa shape index (κ3) is 1.58. The van der Waals surface area contributed by atoms with Gasteiger partial charge in [0.05, 0.1) is 5.02 Å². The summed E-state index contributed by atoms with van der Waals surface area (Å²) in [6.45, 7) is 0.447. The van der Waals surface area contributed by atoms with E-state index in [1.165, 1.54) is 12.1 Å². The molecular formula is C9H8ClFN2O. The van der Waals surface area contributed by atoms with Crippen LogP contribution in [-0.4, -0.2) is 11.5 Å². The second-order valence-corrected chi connectivity index (χ2v) is 3.29. The zero-order chi connectivity index (χ0) is 10.1. The first-order chi connectivity index (χ1) is 6.70. The van der Waals surface area contributed by atoms with Crippen LogP contribution < -0.4 is 5.73 Å². The molecule has 1 aromatic heterocycles. The van der Waals surface area contributed by atoms with Gasteiger partial charge >= 0.3 is 0 Å². The molecule has 0 aliphatic rings. The number of oxazole rings is 1. The van der Waals surface area contributed by atoms with Crippen LogP contribution in [-0.2, 0) is 6.42 Å². The highest BCUT2D eigenvalue weighted by Gasteiger charge is 2.08. The van der Waals surface area contributed by atoms with Crippen LogP contribution in [0.5, 0.6) is 0 Å². The van der Waals surface area contributed by atoms with E-state index in [0.717, 1.165) is 0 Å². The summed E-state index contributed by atoms with van der Waals surface area (Å²) in [7, 11) is 0. The van der Waals surface area contributed by atoms with Crippen molar-refractivity contribution in [3.63, 3.8) is 0 Å². The van der Waals surface area contributed by atoms with Gasteiger partial charge in [0, 0.05) is 25.1 Å². The van der Waals surface area contributed by atoms with Crippen LogP contribution in [0.15, 0.2) is 16.5 Å². The van der Waals surface area contributed by atoms with Crippen molar-refractivity contribution >= 4 is 22.7 Å². The molecule has 14 heavy (non-hydrogen) atoms. The third-order valence-corrected chi connectivity index (χ3v) is 2.12. The summed E-state index contributed by atoms with van der Waals surface area (Å²) in [5.74, 6) is 0.0101. The van der Waals surface area contributed by atoms with Gasteiger partial charge < -0.3 is 10.2 Å². The molecule has 0 amide bonds. The van der Waals surface area contributed by atoms with E-state index >= 15 is 0 Å². The van der Waals surface area contributed by atoms with Crippen LogP contribution in [0.4, 0.5) is 4.39 Å². The number of rotatable bonds is 2. The minimum absolute atomic E-state index is 0.0351. The fourth-order valence-corrected chi connectivity index (χ4v) is 1.36. The van der Waals surface area contributed by atoms with Gasteiger partial charge in [-0.2, -0.15) is 0 Å². The van der Waals surface area contributed by atoms with Gasteiger partial charge in [0.2, 0.25) is 0 Å². The zero-order valence-corrected chi connectivity index (χ0v) is 8.01. The van der Waals surface area contributed by atoms with E-state index in [1.54, 1.807) is 0 Å². The summed E-state index contributed by atoms with van der Waals surface area (Å²) in [6.07, 6.45) is 0.536. The molecule has 0 fully saturated rings. The molecule has 0 unspecified atom stereocenters. The highest BCUT2D eigenvalue weighted by Crippen LogP contribution is 2.23. The number of fused-ring (bicyclic) bond motifs is 1. The standard InChI is InChI=1S/C9H8ClFN2O/c10-5-3-8-7(4-6(5)11)13-9(14-8)1-2-12/h3-4H,1-2,12H2. The summed E-state index contributed by atoms with van der Waals surface area (Å²) >= 11 is 5.59. The molecule has 2 aromatic rings. The summed E-state index contributed by atoms with van der Waals surface area (Å²) in [5.41, 5.74) is 6.30. The number of aromatic nitrogens is 1. The Labute approximate surface area is 84.7 Å². The van der Waals surface area contributed by atoms with Crippen LogP contribution in [0.1, 0.15) is 5.89 Å². The van der Waals surface area contributed by atoms with Gasteiger partial charge in [0.15, 0.2) is 11.5 Å². The molecule has 1 heterocycles. The van der Waals surface area contributed by atoms with Gasteiger partial charge in [0.25, 0.3) is 0 Å². The van der Waals surface area contributed by atoms with Crippen molar-refractivity contribution in [2.24, 2.45) is 5.73 Å². The highest BCUT2D eigenvalue weighted by molar-refractivity contribution is 6.31. The van der Waals surface area contributed by atoms with Gasteiger partial charge in [-0.1, -0.05) is 11.6 Å². The molecule has 2 rings (SSSR count). The molecular weight excluding hydrogens is 207 g/mol. The number of hydrogen-bond donors (Lipinski definition) is 1. The second-order valence-electron chi connectivity index (χ2n) is 2.88. The monoisotopic (exact) mass is 214 g/mol. The molecule has 5 heteroatoms. The van der Waals surface area contributed by atoms with Crippen molar-refractivity contribution in [1.29, 1.82) is 0 Å². The molecule has 0 radical (unpaired) electrons. The largest absolute Gasteiger partial charge is 0.441 e. The summed E-state index contributed by atoms with van der Waals surface area (Å²) in [5, 5.41) is 0.0351. The van der Waals surface area contributed by atoms with Crippen molar-refractivity contribution in [3.05, 3.63) is 28.9 Å². The van der Waals surface area contributed by atoms with Crippen LogP contribution >= 0.6 is 11.6 Å². The molecule has 74 valence electrons. The minimum Gasteiger partial charge on any atom is -0.441 e. The van der Waals surface area contributed by atoms with E-state index in [-0.39, 0.29) is 5.02 Å². The molecule has 0 aliphatic heterocycles. The lowest BCUT2D eigenvalue weighted by atomic mass is 10.3. The smallest absolute Gasteiger partial charge is 0.196 e. The number of nitrogens with two attached hydrogens (primary N) is 1. The van der Waals surface area contributed by atoms with Gasteiger partial charge in [0.1, 0.15) is 11.3 Å². The molecule has 0 atom stereocenters. The van der Waals surface area contributed by atoms with Gasteiger partial charge in [-0.25, -0.2) is 9.37 Å². The maximum absolute atomic E-state index is 13.0. The maximum Gasteiger partial charge on any atom is 0.196 e. The van der Waals surface area contributed by atoms with E-state index < -0.39 is 5.82 Å². The molecule has 1 aromatic carbocycles. The van der Waals surface area contributed by atoms with Crippen molar-refractivity contribution in [3.8, 4) is 0 Å². The fraction of sp³-hybridized carbons (Fsp3) is 0.222. The van der Waals surface area contributed by atoms with Crippen LogP contribution in [0, 0.1) is 5.82 Å². The molecule has 0 saturated heterocycles. The first-order valence-corrected chi connectivity index (χ1v) is 4.53. The molecule has 0 aliphatic carbocycles. The molecule has 0 spiro atoms. The van der Waals surface area contributed by atoms with E-state index in [0.29, 0.717) is 30.0 Å². The van der Waals surface area contributed by atoms with Gasteiger partial charge in [-0.15, -0.1) is 0 Å². The van der Waals surface area contributed by atoms with Crippen molar-refractivity contribution in [1.82, 2.24) is 4.98 Å². The lowest BCUT2D eigenvalue weighted by Gasteiger charge is -1.90. The Hall–Kier alpha value is -1.13. The van der Waals surface area contributed by atoms with Crippen LogP contribution in [0.3, 0.4) is 0 Å². The average molecular weight is 215 g/mol. The highest BCUT2D eigenvalue weighted by atomic mass is 35.5. The fourth-order valence-electron chi connectivity index (χ4n) is 1.20. The van der Waals surface area contributed by atoms with Crippen molar-refractivity contribution < 1.29 is 8.81 Å². The predicted molar refractivity (Wildman–Crippen MR) is 51.7 cm³/mol. The number of benzene rings is 1. The van der Waals surface area contributed by atoms with Gasteiger partial charge in [-0.3, -0.25) is 0 Å². The summed E-state index contributed by atoms with van der Waals surface area (Å²) in [6, 6.07) is 2.67. The summed E-state index contributed by atoms with van der Waals surface area (Å²) < 4.78 is 18.3. The summed E-state index contributed by atoms with van der Waals surface area (Å²) in [4.78, 5) is 4.06. The number of hydrogen-bond acceptors (Lipinski definition) is 3. The Morgan fingerprint density at radius 3 is 3.00 bits per heavy atom. The maximum atomic E-state index is 13.0. The predicted octanol–water partition coefficient (Wildman–Crippen LogP) is 2.12. The molecule has 0 saturated carbocycles. The third-order valence-electron chi connectivity index (χ3n) is 1.83. The zero-order valence-electron chi connectivity index (χ0n) is 7.26. The van der Waals surface area contributed by atoms with E-state index in [1.807, 2.05) is 0 Å². The molecule has 3 nitrogen and oxygen atoms in total. The Morgan fingerprint density at radius 1 is 1.50 bits per heavy atom. The number of nitrogens with zero attached hydrogens (tertiary/aromatic N) is 1. The second kappa shape index (κ2) is 3.55. The Kier molecular flexibility index (Phi) is 2.39. The van der Waals surface area contributed by atoms with Crippen LogP contribution in [0.2, 0.25) is 5.02 Å². The Balaban J connectivity index is 2.54. The topological polar surface area (TPSA) is 52.0 Å². The van der Waals surface area contributed by atoms with Crippen molar-refractivity contribution in [2.45, 2.75) is 6.42 Å². The Bertz CT molecular complexity index is 430. The minimum atomic E-state index is -0.494. The first kappa shape index (κ1) is 9.43. The van der Waals surface area contributed by atoms with E-state index in [4.69, 9.17) is 21.8 Å². The lowest BCUT2D eigenvalue weighted by Crippen LogP contribution is -2.02. The van der Waals surface area contributed by atoms with Crippen molar-refractivity contribution in [2.75, 3.05) is 6.54 Å². The normalized spacial score (nSPS) is 11.1. The van der Waals surface area contributed by atoms with Crippen LogP contribution in [0.25, 0.3) is 11.1 Å². The SMILES string of the molecule is NCCc1nc2cc(F)c(Cl)cc2o1. The first-order valence-electron chi connectivity index (χ1n) is 4.15. The average Bonchev–Trinajstić information content (AvgIpc) is 2.48. The van der Waals surface area contributed by atoms with E-state index in [2.05, 4.69) is 4.98 Å². The molecule has 0 bridgehead atoms. The van der Waals surface area contributed by atoms with E-state index in [9.17, 15) is 4.39 Å². The lowest BCUT2D eigenvalue weighted by molar-refractivity contribution is 0.531. The molecule has 2 N–H and O–H groups in total. The number of halogens is 2. The quantitative estimate of drug-likeness (QED) is 0.833. The van der Waals surface area contributed by atoms with Gasteiger partial charge in [-0.05, 0) is 0 Å².